The quantitative estimate of drug-likeness (QED) is 0.722. The van der Waals surface area contributed by atoms with Gasteiger partial charge in [-0.3, -0.25) is 18.8 Å². The first kappa shape index (κ1) is 14.5. The summed E-state index contributed by atoms with van der Waals surface area (Å²) in [5, 5.41) is 6.16. The summed E-state index contributed by atoms with van der Waals surface area (Å²) in [6, 6.07) is 2.08. The molecule has 0 amide bonds. The smallest absolute Gasteiger partial charge is 0.259 e. The number of hydrogen-bond donors (Lipinski definition) is 0. The Labute approximate surface area is 137 Å². The van der Waals surface area contributed by atoms with Crippen LogP contribution in [0.4, 0.5) is 0 Å². The predicted octanol–water partition coefficient (Wildman–Crippen LogP) is 1.32. The number of hydrogen-bond acceptors (Lipinski definition) is 6. The van der Waals surface area contributed by atoms with Crippen LogP contribution in [0.1, 0.15) is 24.2 Å². The number of rotatable bonds is 4. The highest BCUT2D eigenvalue weighted by atomic mass is 32.1. The van der Waals surface area contributed by atoms with Gasteiger partial charge in [0.2, 0.25) is 0 Å². The van der Waals surface area contributed by atoms with E-state index in [4.69, 9.17) is 0 Å². The second-order valence-electron chi connectivity index (χ2n) is 5.96. The van der Waals surface area contributed by atoms with E-state index in [9.17, 15) is 4.79 Å². The van der Waals surface area contributed by atoms with Gasteiger partial charge in [0, 0.05) is 29.7 Å². The van der Waals surface area contributed by atoms with Crippen molar-refractivity contribution in [2.75, 3.05) is 6.54 Å². The number of aromatic nitrogens is 5. The molecular weight excluding hydrogens is 312 g/mol. The molecule has 3 aromatic rings. The molecule has 4 heterocycles. The SMILES string of the molecule is Cc1csc2nc(CN3CCC[C@@H]3Cn3cncn3)cc(=O)n12. The van der Waals surface area contributed by atoms with E-state index < -0.39 is 0 Å². The van der Waals surface area contributed by atoms with Gasteiger partial charge in [-0.2, -0.15) is 5.10 Å². The van der Waals surface area contributed by atoms with Crippen molar-refractivity contribution in [3.63, 3.8) is 0 Å². The molecule has 1 saturated heterocycles. The Kier molecular flexibility index (Phi) is 3.70. The number of aryl methyl sites for hydroxylation is 1. The Bertz CT molecular complexity index is 868. The summed E-state index contributed by atoms with van der Waals surface area (Å²) >= 11 is 1.52. The van der Waals surface area contributed by atoms with Crippen LogP contribution in [0.2, 0.25) is 0 Å². The Morgan fingerprint density at radius 3 is 3.17 bits per heavy atom. The van der Waals surface area contributed by atoms with E-state index in [1.165, 1.54) is 17.8 Å². The molecule has 0 unspecified atom stereocenters. The van der Waals surface area contributed by atoms with E-state index in [0.717, 1.165) is 35.9 Å². The zero-order valence-electron chi connectivity index (χ0n) is 12.9. The van der Waals surface area contributed by atoms with E-state index in [-0.39, 0.29) is 5.56 Å². The molecule has 0 aromatic carbocycles. The minimum atomic E-state index is 0.00998. The fraction of sp³-hybridized carbons (Fsp3) is 0.467. The molecule has 8 heteroatoms. The van der Waals surface area contributed by atoms with Crippen molar-refractivity contribution in [1.82, 2.24) is 29.0 Å². The van der Waals surface area contributed by atoms with Crippen LogP contribution in [0.15, 0.2) is 28.9 Å². The molecule has 0 saturated carbocycles. The first-order valence-electron chi connectivity index (χ1n) is 7.74. The maximum absolute atomic E-state index is 12.3. The summed E-state index contributed by atoms with van der Waals surface area (Å²) in [5.74, 6) is 0. The van der Waals surface area contributed by atoms with Gasteiger partial charge < -0.3 is 0 Å². The van der Waals surface area contributed by atoms with E-state index in [1.807, 2.05) is 17.0 Å². The van der Waals surface area contributed by atoms with Crippen LogP contribution in [0.25, 0.3) is 4.96 Å². The average molecular weight is 330 g/mol. The zero-order valence-corrected chi connectivity index (χ0v) is 13.7. The highest BCUT2D eigenvalue weighted by molar-refractivity contribution is 7.15. The van der Waals surface area contributed by atoms with Gasteiger partial charge in [-0.15, -0.1) is 11.3 Å². The van der Waals surface area contributed by atoms with Crippen molar-refractivity contribution < 1.29 is 0 Å². The Balaban J connectivity index is 1.56. The molecule has 0 spiro atoms. The fourth-order valence-electron chi connectivity index (χ4n) is 3.24. The standard InChI is InChI=1S/C15H18N6OS/c1-11-8-23-15-18-12(5-14(22)21(11)15)6-19-4-2-3-13(19)7-20-10-16-9-17-20/h5,8-10,13H,2-4,6-7H2,1H3/t13-/m1/s1. The first-order valence-corrected chi connectivity index (χ1v) is 8.62. The van der Waals surface area contributed by atoms with Gasteiger partial charge in [0.15, 0.2) is 4.96 Å². The highest BCUT2D eigenvalue weighted by Crippen LogP contribution is 2.21. The normalized spacial score (nSPS) is 18.9. The van der Waals surface area contributed by atoms with Crippen LogP contribution in [-0.4, -0.2) is 41.6 Å². The van der Waals surface area contributed by atoms with Gasteiger partial charge in [-0.05, 0) is 26.3 Å². The van der Waals surface area contributed by atoms with E-state index in [0.29, 0.717) is 12.6 Å². The topological polar surface area (TPSA) is 68.3 Å². The van der Waals surface area contributed by atoms with Crippen LogP contribution in [0, 0.1) is 6.92 Å². The third kappa shape index (κ3) is 2.79. The number of nitrogens with zero attached hydrogens (tertiary/aromatic N) is 6. The zero-order chi connectivity index (χ0) is 15.8. The molecule has 1 aliphatic heterocycles. The highest BCUT2D eigenvalue weighted by Gasteiger charge is 2.25. The monoisotopic (exact) mass is 330 g/mol. The molecule has 0 radical (unpaired) electrons. The van der Waals surface area contributed by atoms with Crippen LogP contribution in [0.3, 0.4) is 0 Å². The predicted molar refractivity (Wildman–Crippen MR) is 87.5 cm³/mol. The van der Waals surface area contributed by atoms with Crippen molar-refractivity contribution >= 4 is 16.3 Å². The Morgan fingerprint density at radius 2 is 2.35 bits per heavy atom. The van der Waals surface area contributed by atoms with Crippen molar-refractivity contribution in [2.24, 2.45) is 0 Å². The molecule has 0 bridgehead atoms. The summed E-state index contributed by atoms with van der Waals surface area (Å²) in [6.07, 6.45) is 5.62. The maximum Gasteiger partial charge on any atom is 0.259 e. The first-order chi connectivity index (χ1) is 11.2. The average Bonchev–Trinajstić information content (AvgIpc) is 3.24. The third-order valence-electron chi connectivity index (χ3n) is 4.36. The Morgan fingerprint density at radius 1 is 1.43 bits per heavy atom. The second-order valence-corrected chi connectivity index (χ2v) is 6.80. The van der Waals surface area contributed by atoms with Gasteiger partial charge in [0.25, 0.3) is 5.56 Å². The molecule has 1 aliphatic rings. The van der Waals surface area contributed by atoms with Crippen LogP contribution < -0.4 is 5.56 Å². The van der Waals surface area contributed by atoms with Gasteiger partial charge in [0.1, 0.15) is 12.7 Å². The fourth-order valence-corrected chi connectivity index (χ4v) is 4.13. The van der Waals surface area contributed by atoms with Crippen molar-refractivity contribution in [3.05, 3.63) is 45.8 Å². The molecule has 0 N–H and O–H groups in total. The van der Waals surface area contributed by atoms with E-state index in [2.05, 4.69) is 20.0 Å². The number of fused-ring (bicyclic) bond motifs is 1. The second kappa shape index (κ2) is 5.86. The van der Waals surface area contributed by atoms with Crippen LogP contribution >= 0.6 is 11.3 Å². The van der Waals surface area contributed by atoms with E-state index in [1.54, 1.807) is 23.1 Å². The summed E-state index contributed by atoms with van der Waals surface area (Å²) in [4.78, 5) is 24.1. The molecule has 0 aliphatic carbocycles. The molecular formula is C15H18N6OS. The van der Waals surface area contributed by atoms with Crippen LogP contribution in [0.5, 0.6) is 0 Å². The van der Waals surface area contributed by atoms with Crippen molar-refractivity contribution in [3.8, 4) is 0 Å². The molecule has 3 aromatic heterocycles. The number of likely N-dealkylation sites (tertiary alicyclic amines) is 1. The van der Waals surface area contributed by atoms with Gasteiger partial charge in [0.05, 0.1) is 12.2 Å². The van der Waals surface area contributed by atoms with Crippen molar-refractivity contribution in [1.29, 1.82) is 0 Å². The molecule has 1 atom stereocenters. The van der Waals surface area contributed by atoms with Gasteiger partial charge >= 0.3 is 0 Å². The molecule has 120 valence electrons. The third-order valence-corrected chi connectivity index (χ3v) is 5.30. The summed E-state index contributed by atoms with van der Waals surface area (Å²) < 4.78 is 3.54. The van der Waals surface area contributed by atoms with Gasteiger partial charge in [-0.1, -0.05) is 0 Å². The number of thiazole rings is 1. The summed E-state index contributed by atoms with van der Waals surface area (Å²) in [7, 11) is 0. The summed E-state index contributed by atoms with van der Waals surface area (Å²) in [5.41, 5.74) is 1.80. The minimum absolute atomic E-state index is 0.00998. The maximum atomic E-state index is 12.3. The summed E-state index contributed by atoms with van der Waals surface area (Å²) in [6.45, 7) is 4.51. The minimum Gasteiger partial charge on any atom is -0.293 e. The Hall–Kier alpha value is -2.06. The van der Waals surface area contributed by atoms with E-state index >= 15 is 0 Å². The largest absolute Gasteiger partial charge is 0.293 e. The molecule has 4 rings (SSSR count). The van der Waals surface area contributed by atoms with Crippen LogP contribution in [-0.2, 0) is 13.1 Å². The molecule has 7 nitrogen and oxygen atoms in total. The van der Waals surface area contributed by atoms with Crippen molar-refractivity contribution in [2.45, 2.75) is 38.9 Å². The molecule has 23 heavy (non-hydrogen) atoms. The lowest BCUT2D eigenvalue weighted by Crippen LogP contribution is -2.33. The van der Waals surface area contributed by atoms with Gasteiger partial charge in [-0.25, -0.2) is 9.97 Å². The lowest BCUT2D eigenvalue weighted by Gasteiger charge is -2.23. The molecule has 1 fully saturated rings. The lowest BCUT2D eigenvalue weighted by atomic mass is 10.2. The lowest BCUT2D eigenvalue weighted by molar-refractivity contribution is 0.216.